The Morgan fingerprint density at radius 3 is 1.38 bits per heavy atom. The molecule has 0 radical (unpaired) electrons. The van der Waals surface area contributed by atoms with Crippen molar-refractivity contribution in [3.05, 3.63) is 0 Å². The molecule has 0 aliphatic carbocycles. The van der Waals surface area contributed by atoms with Crippen molar-refractivity contribution < 1.29 is 19.8 Å². The van der Waals surface area contributed by atoms with Gasteiger partial charge in [0.05, 0.1) is 12.2 Å². The molecule has 0 aliphatic heterocycles. The normalized spacial score (nSPS) is 13.8. The fourth-order valence-corrected chi connectivity index (χ4v) is 2.40. The van der Waals surface area contributed by atoms with Crippen LogP contribution < -0.4 is 10.6 Å². The molecule has 0 rings (SSSR count). The van der Waals surface area contributed by atoms with Crippen molar-refractivity contribution in [2.75, 3.05) is 0 Å². The maximum Gasteiger partial charge on any atom is 0.238 e. The molecule has 0 spiro atoms. The molecule has 0 saturated carbocycles. The standard InChI is InChI=1S/C18H30N4O4/c1-17(2,15(25)21-11-19)9-7-13(23)5-6-14(24)8-10-18(3,4)16(26)22-12-20/h13-14,23-24H,5-10H2,1-4H3,(H,21,25)(H,22,26). The summed E-state index contributed by atoms with van der Waals surface area (Å²) >= 11 is 0. The van der Waals surface area contributed by atoms with Crippen LogP contribution in [0.4, 0.5) is 0 Å². The van der Waals surface area contributed by atoms with Gasteiger partial charge < -0.3 is 10.2 Å². The first kappa shape index (κ1) is 23.8. The Morgan fingerprint density at radius 1 is 0.808 bits per heavy atom. The molecule has 4 N–H and O–H groups in total. The average Bonchev–Trinajstić information content (AvgIpc) is 2.56. The summed E-state index contributed by atoms with van der Waals surface area (Å²) in [6.07, 6.45) is 4.24. The number of aliphatic hydroxyl groups is 2. The van der Waals surface area contributed by atoms with E-state index in [0.717, 1.165) is 0 Å². The summed E-state index contributed by atoms with van der Waals surface area (Å²) in [5, 5.41) is 41.3. The van der Waals surface area contributed by atoms with Crippen LogP contribution in [0.1, 0.15) is 66.2 Å². The maximum absolute atomic E-state index is 11.7. The Morgan fingerprint density at radius 2 is 1.12 bits per heavy atom. The van der Waals surface area contributed by atoms with Gasteiger partial charge in [-0.2, -0.15) is 10.5 Å². The van der Waals surface area contributed by atoms with Crippen LogP contribution in [0, 0.1) is 33.7 Å². The van der Waals surface area contributed by atoms with E-state index in [-0.39, 0.29) is 11.8 Å². The Labute approximate surface area is 155 Å². The zero-order valence-corrected chi connectivity index (χ0v) is 16.0. The van der Waals surface area contributed by atoms with Gasteiger partial charge in [0.25, 0.3) is 0 Å². The van der Waals surface area contributed by atoms with Crippen molar-refractivity contribution in [1.29, 1.82) is 10.5 Å². The topological polar surface area (TPSA) is 146 Å². The van der Waals surface area contributed by atoms with E-state index in [0.29, 0.717) is 38.5 Å². The number of carbonyl (C=O) groups excluding carboxylic acids is 2. The summed E-state index contributed by atoms with van der Waals surface area (Å²) in [6.45, 7) is 6.82. The molecule has 146 valence electrons. The van der Waals surface area contributed by atoms with Crippen molar-refractivity contribution in [3.63, 3.8) is 0 Å². The van der Waals surface area contributed by atoms with Crippen molar-refractivity contribution in [3.8, 4) is 12.4 Å². The molecule has 0 heterocycles. The second kappa shape index (κ2) is 10.7. The van der Waals surface area contributed by atoms with E-state index < -0.39 is 23.0 Å². The Kier molecular flexibility index (Phi) is 9.85. The van der Waals surface area contributed by atoms with Gasteiger partial charge in [-0.3, -0.25) is 20.2 Å². The van der Waals surface area contributed by atoms with Crippen molar-refractivity contribution in [2.24, 2.45) is 10.8 Å². The fourth-order valence-electron chi connectivity index (χ4n) is 2.40. The minimum Gasteiger partial charge on any atom is -0.393 e. The lowest BCUT2D eigenvalue weighted by Gasteiger charge is -2.24. The number of nitrogens with one attached hydrogen (secondary N) is 2. The molecule has 0 fully saturated rings. The van der Waals surface area contributed by atoms with E-state index in [2.05, 4.69) is 10.6 Å². The first-order valence-corrected chi connectivity index (χ1v) is 8.71. The average molecular weight is 366 g/mol. The zero-order valence-electron chi connectivity index (χ0n) is 16.0. The highest BCUT2D eigenvalue weighted by Crippen LogP contribution is 2.26. The van der Waals surface area contributed by atoms with E-state index in [4.69, 9.17) is 10.5 Å². The summed E-state index contributed by atoms with van der Waals surface area (Å²) in [4.78, 5) is 23.4. The lowest BCUT2D eigenvalue weighted by atomic mass is 9.84. The van der Waals surface area contributed by atoms with Crippen LogP contribution in [0.3, 0.4) is 0 Å². The molecule has 8 nitrogen and oxygen atoms in total. The molecule has 2 unspecified atom stereocenters. The molecule has 0 bridgehead atoms. The van der Waals surface area contributed by atoms with Gasteiger partial charge in [0.2, 0.25) is 11.8 Å². The van der Waals surface area contributed by atoms with Crippen LogP contribution >= 0.6 is 0 Å². The second-order valence-electron chi connectivity index (χ2n) is 7.86. The third kappa shape index (κ3) is 8.80. The van der Waals surface area contributed by atoms with Crippen molar-refractivity contribution in [2.45, 2.75) is 78.4 Å². The van der Waals surface area contributed by atoms with Crippen LogP contribution in [0.2, 0.25) is 0 Å². The van der Waals surface area contributed by atoms with Crippen molar-refractivity contribution in [1.82, 2.24) is 10.6 Å². The molecule has 0 aromatic heterocycles. The number of aliphatic hydroxyl groups excluding tert-OH is 2. The Balaban J connectivity index is 4.22. The highest BCUT2D eigenvalue weighted by Gasteiger charge is 2.29. The maximum atomic E-state index is 11.7. The van der Waals surface area contributed by atoms with Gasteiger partial charge in [-0.1, -0.05) is 27.7 Å². The quantitative estimate of drug-likeness (QED) is 0.320. The molecular formula is C18H30N4O4. The number of nitriles is 2. The monoisotopic (exact) mass is 366 g/mol. The SMILES string of the molecule is CC(C)(CCC(O)CCC(O)CCC(C)(C)C(=O)NC#N)C(=O)NC#N. The third-order valence-electron chi connectivity index (χ3n) is 4.61. The van der Waals surface area contributed by atoms with Crippen LogP contribution in [-0.4, -0.2) is 34.2 Å². The number of hydrogen-bond acceptors (Lipinski definition) is 6. The molecule has 26 heavy (non-hydrogen) atoms. The predicted molar refractivity (Wildman–Crippen MR) is 94.8 cm³/mol. The zero-order chi connectivity index (χ0) is 20.4. The number of amides is 2. The number of rotatable bonds is 11. The molecule has 8 heteroatoms. The largest absolute Gasteiger partial charge is 0.393 e. The van der Waals surface area contributed by atoms with E-state index in [1.54, 1.807) is 40.1 Å². The first-order valence-electron chi connectivity index (χ1n) is 8.71. The summed E-state index contributed by atoms with van der Waals surface area (Å²) < 4.78 is 0. The minimum atomic E-state index is -0.756. The molecule has 0 aromatic rings. The van der Waals surface area contributed by atoms with E-state index in [9.17, 15) is 19.8 Å². The van der Waals surface area contributed by atoms with Crippen LogP contribution in [-0.2, 0) is 9.59 Å². The van der Waals surface area contributed by atoms with Gasteiger partial charge in [0.1, 0.15) is 0 Å². The molecule has 2 amide bonds. The molecule has 0 aliphatic rings. The fraction of sp³-hybridized carbons (Fsp3) is 0.778. The van der Waals surface area contributed by atoms with Crippen molar-refractivity contribution >= 4 is 11.8 Å². The highest BCUT2D eigenvalue weighted by molar-refractivity contribution is 5.83. The van der Waals surface area contributed by atoms with E-state index >= 15 is 0 Å². The number of carbonyl (C=O) groups is 2. The second-order valence-corrected chi connectivity index (χ2v) is 7.86. The van der Waals surface area contributed by atoms with Crippen LogP contribution in [0.5, 0.6) is 0 Å². The van der Waals surface area contributed by atoms with Gasteiger partial charge in [-0.15, -0.1) is 0 Å². The number of hydrogen-bond donors (Lipinski definition) is 4. The van der Waals surface area contributed by atoms with Crippen LogP contribution in [0.25, 0.3) is 0 Å². The Bertz CT molecular complexity index is 511. The van der Waals surface area contributed by atoms with E-state index in [1.807, 2.05) is 0 Å². The van der Waals surface area contributed by atoms with Crippen LogP contribution in [0.15, 0.2) is 0 Å². The molecule has 2 atom stereocenters. The summed E-state index contributed by atoms with van der Waals surface area (Å²) in [5.74, 6) is -0.768. The summed E-state index contributed by atoms with van der Waals surface area (Å²) in [7, 11) is 0. The first-order chi connectivity index (χ1) is 12.0. The lowest BCUT2D eigenvalue weighted by Crippen LogP contribution is -2.35. The van der Waals surface area contributed by atoms with Gasteiger partial charge in [-0.25, -0.2) is 0 Å². The smallest absolute Gasteiger partial charge is 0.238 e. The highest BCUT2D eigenvalue weighted by atomic mass is 16.3. The summed E-state index contributed by atoms with van der Waals surface area (Å²) in [6, 6.07) is 0. The molecule has 0 aromatic carbocycles. The molecular weight excluding hydrogens is 336 g/mol. The Hall–Kier alpha value is -2.16. The predicted octanol–water partition coefficient (Wildman–Crippen LogP) is 1.30. The minimum absolute atomic E-state index is 0.377. The lowest BCUT2D eigenvalue weighted by molar-refractivity contribution is -0.129. The summed E-state index contributed by atoms with van der Waals surface area (Å²) in [5.41, 5.74) is -1.51. The van der Waals surface area contributed by atoms with E-state index in [1.165, 1.54) is 0 Å². The third-order valence-corrected chi connectivity index (χ3v) is 4.61. The van der Waals surface area contributed by atoms with Gasteiger partial charge in [0, 0.05) is 10.8 Å². The number of nitrogens with zero attached hydrogens (tertiary/aromatic N) is 2. The van der Waals surface area contributed by atoms with Gasteiger partial charge >= 0.3 is 0 Å². The molecule has 0 saturated heterocycles. The van der Waals surface area contributed by atoms with Gasteiger partial charge in [-0.05, 0) is 38.5 Å². The van der Waals surface area contributed by atoms with Gasteiger partial charge in [0.15, 0.2) is 12.4 Å².